The maximum Gasteiger partial charge on any atom is 0.425 e. The Balaban J connectivity index is 1.54. The zero-order valence-corrected chi connectivity index (χ0v) is 19.6. The van der Waals surface area contributed by atoms with Gasteiger partial charge in [0.25, 0.3) is 5.91 Å². The summed E-state index contributed by atoms with van der Waals surface area (Å²) in [6.07, 6.45) is -0.425. The van der Waals surface area contributed by atoms with Crippen molar-refractivity contribution in [1.82, 2.24) is 14.7 Å². The summed E-state index contributed by atoms with van der Waals surface area (Å²) in [5, 5.41) is 24.6. The second kappa shape index (κ2) is 8.94. The minimum atomic E-state index is -4.99. The van der Waals surface area contributed by atoms with Crippen molar-refractivity contribution in [1.29, 1.82) is 0 Å². The predicted molar refractivity (Wildman–Crippen MR) is 125 cm³/mol. The van der Waals surface area contributed by atoms with Crippen LogP contribution in [-0.4, -0.2) is 63.3 Å². The molecule has 36 heavy (non-hydrogen) atoms. The molecule has 1 aliphatic carbocycles. The minimum absolute atomic E-state index is 0.0432. The maximum absolute atomic E-state index is 14.4. The molecular formula is C26H26F3N3O4. The average Bonchev–Trinajstić information content (AvgIpc) is 3.42. The summed E-state index contributed by atoms with van der Waals surface area (Å²) in [5.74, 6) is -0.0822. The summed E-state index contributed by atoms with van der Waals surface area (Å²) in [7, 11) is 1.70. The van der Waals surface area contributed by atoms with Gasteiger partial charge < -0.3 is 19.8 Å². The molecule has 2 aliphatic rings. The summed E-state index contributed by atoms with van der Waals surface area (Å²) in [5.41, 5.74) is -2.33. The quantitative estimate of drug-likeness (QED) is 0.559. The summed E-state index contributed by atoms with van der Waals surface area (Å²) in [4.78, 5) is 14.3. The molecule has 0 spiro atoms. The molecule has 1 unspecified atom stereocenters. The number of amides is 1. The number of fused-ring (bicyclic) bond motifs is 3. The number of halogens is 3. The van der Waals surface area contributed by atoms with E-state index in [9.17, 15) is 28.2 Å². The molecule has 1 aromatic heterocycles. The first-order valence-corrected chi connectivity index (χ1v) is 11.7. The molecule has 5 rings (SSSR count). The van der Waals surface area contributed by atoms with E-state index in [-0.39, 0.29) is 53.0 Å². The molecule has 2 aromatic carbocycles. The molecule has 2 heterocycles. The number of rotatable bonds is 5. The van der Waals surface area contributed by atoms with Gasteiger partial charge in [-0.1, -0.05) is 24.3 Å². The fourth-order valence-electron chi connectivity index (χ4n) is 5.13. The molecule has 3 aromatic rings. The third kappa shape index (κ3) is 3.94. The van der Waals surface area contributed by atoms with Crippen LogP contribution in [0.2, 0.25) is 0 Å². The van der Waals surface area contributed by atoms with Gasteiger partial charge in [0.15, 0.2) is 6.61 Å². The number of hydrogen-bond donors (Lipinski definition) is 2. The predicted octanol–water partition coefficient (Wildman–Crippen LogP) is 3.48. The Labute approximate surface area is 205 Å². The number of carbonyl (C=O) groups excluding carboxylic acids is 1. The third-order valence-corrected chi connectivity index (χ3v) is 7.10. The molecule has 7 nitrogen and oxygen atoms in total. The van der Waals surface area contributed by atoms with Gasteiger partial charge in [0.2, 0.25) is 5.60 Å². The summed E-state index contributed by atoms with van der Waals surface area (Å²) in [6, 6.07) is 8.67. The first-order valence-electron chi connectivity index (χ1n) is 11.7. The molecule has 0 bridgehead atoms. The number of hydrogen-bond acceptors (Lipinski definition) is 5. The van der Waals surface area contributed by atoms with E-state index in [1.54, 1.807) is 36.3 Å². The van der Waals surface area contributed by atoms with Crippen LogP contribution in [0.25, 0.3) is 22.3 Å². The van der Waals surface area contributed by atoms with Gasteiger partial charge in [-0.25, -0.2) is 0 Å². The standard InChI is InChI=1S/C26H26F3N3O4/c1-31-13-17(12-30-31)20-10-18(36-15-23(34)32-8-6-16(14-33)7-9-32)11-22-24(20)19-4-2-3-5-21(19)25(22,35)26(27,28)29/h2-5,10-13,16,33,35H,6-9,14-15H2,1H3. The van der Waals surface area contributed by atoms with Crippen molar-refractivity contribution < 1.29 is 32.9 Å². The average molecular weight is 502 g/mol. The van der Waals surface area contributed by atoms with Crippen LogP contribution in [0.1, 0.15) is 24.0 Å². The minimum Gasteiger partial charge on any atom is -0.484 e. The van der Waals surface area contributed by atoms with E-state index in [0.29, 0.717) is 37.1 Å². The van der Waals surface area contributed by atoms with Crippen molar-refractivity contribution in [2.45, 2.75) is 24.6 Å². The van der Waals surface area contributed by atoms with E-state index < -0.39 is 11.8 Å². The van der Waals surface area contributed by atoms with Crippen LogP contribution in [0.15, 0.2) is 48.8 Å². The van der Waals surface area contributed by atoms with Crippen LogP contribution in [-0.2, 0) is 17.4 Å². The van der Waals surface area contributed by atoms with Crippen molar-refractivity contribution in [2.24, 2.45) is 13.0 Å². The first-order chi connectivity index (χ1) is 17.1. The Hall–Kier alpha value is -3.37. The smallest absolute Gasteiger partial charge is 0.425 e. The van der Waals surface area contributed by atoms with E-state index in [4.69, 9.17) is 4.74 Å². The van der Waals surface area contributed by atoms with E-state index in [1.807, 2.05) is 0 Å². The maximum atomic E-state index is 14.4. The van der Waals surface area contributed by atoms with Gasteiger partial charge in [0, 0.05) is 49.6 Å². The molecule has 0 radical (unpaired) electrons. The van der Waals surface area contributed by atoms with Crippen LogP contribution in [0.5, 0.6) is 5.75 Å². The number of aliphatic hydroxyl groups excluding tert-OH is 1. The largest absolute Gasteiger partial charge is 0.484 e. The van der Waals surface area contributed by atoms with Gasteiger partial charge in [0.1, 0.15) is 5.75 Å². The normalized spacial score (nSPS) is 19.8. The number of benzene rings is 2. The fourth-order valence-corrected chi connectivity index (χ4v) is 5.13. The lowest BCUT2D eigenvalue weighted by Crippen LogP contribution is -2.42. The summed E-state index contributed by atoms with van der Waals surface area (Å²) in [6.45, 7) is 0.699. The topological polar surface area (TPSA) is 87.8 Å². The van der Waals surface area contributed by atoms with E-state index in [1.165, 1.54) is 29.1 Å². The fraction of sp³-hybridized carbons (Fsp3) is 0.385. The number of piperidine rings is 1. The number of aromatic nitrogens is 2. The lowest BCUT2D eigenvalue weighted by Gasteiger charge is -2.31. The first kappa shape index (κ1) is 24.3. The number of ether oxygens (including phenoxy) is 1. The van der Waals surface area contributed by atoms with E-state index in [0.717, 1.165) is 0 Å². The highest BCUT2D eigenvalue weighted by Crippen LogP contribution is 2.58. The highest BCUT2D eigenvalue weighted by molar-refractivity contribution is 5.93. The Morgan fingerprint density at radius 2 is 1.89 bits per heavy atom. The number of nitrogens with zero attached hydrogens (tertiary/aromatic N) is 3. The van der Waals surface area contributed by atoms with Crippen LogP contribution in [0, 0.1) is 5.92 Å². The van der Waals surface area contributed by atoms with Crippen LogP contribution in [0.3, 0.4) is 0 Å². The zero-order chi connectivity index (χ0) is 25.7. The number of aryl methyl sites for hydroxylation is 1. The van der Waals surface area contributed by atoms with Gasteiger partial charge in [-0.3, -0.25) is 9.48 Å². The van der Waals surface area contributed by atoms with E-state index >= 15 is 0 Å². The molecule has 1 fully saturated rings. The summed E-state index contributed by atoms with van der Waals surface area (Å²) < 4.78 is 50.5. The van der Waals surface area contributed by atoms with Gasteiger partial charge in [-0.05, 0) is 47.6 Å². The van der Waals surface area contributed by atoms with Gasteiger partial charge in [-0.2, -0.15) is 18.3 Å². The monoisotopic (exact) mass is 501 g/mol. The van der Waals surface area contributed by atoms with Crippen LogP contribution < -0.4 is 4.74 Å². The lowest BCUT2D eigenvalue weighted by molar-refractivity contribution is -0.246. The Morgan fingerprint density at radius 3 is 2.53 bits per heavy atom. The Kier molecular flexibility index (Phi) is 6.04. The molecule has 190 valence electrons. The highest BCUT2D eigenvalue weighted by Gasteiger charge is 2.61. The third-order valence-electron chi connectivity index (χ3n) is 7.10. The van der Waals surface area contributed by atoms with Crippen LogP contribution in [0.4, 0.5) is 13.2 Å². The number of aliphatic hydroxyl groups is 2. The molecule has 10 heteroatoms. The van der Waals surface area contributed by atoms with Crippen molar-refractivity contribution in [2.75, 3.05) is 26.3 Å². The second-order valence-electron chi connectivity index (χ2n) is 9.35. The van der Waals surface area contributed by atoms with Crippen molar-refractivity contribution >= 4 is 5.91 Å². The summed E-state index contributed by atoms with van der Waals surface area (Å²) >= 11 is 0. The van der Waals surface area contributed by atoms with Crippen molar-refractivity contribution in [3.8, 4) is 28.0 Å². The highest BCUT2D eigenvalue weighted by atomic mass is 19.4. The van der Waals surface area contributed by atoms with Gasteiger partial charge >= 0.3 is 6.18 Å². The molecule has 1 saturated heterocycles. The number of likely N-dealkylation sites (tertiary alicyclic amines) is 1. The van der Waals surface area contributed by atoms with Crippen molar-refractivity contribution in [3.05, 3.63) is 59.9 Å². The van der Waals surface area contributed by atoms with Gasteiger partial charge in [-0.15, -0.1) is 0 Å². The molecule has 0 saturated carbocycles. The van der Waals surface area contributed by atoms with E-state index in [2.05, 4.69) is 5.10 Å². The SMILES string of the molecule is Cn1cc(-c2cc(OCC(=O)N3CCC(CO)CC3)cc3c2-c2ccccc2C3(O)C(F)(F)F)cn1. The van der Waals surface area contributed by atoms with Gasteiger partial charge in [0.05, 0.1) is 6.20 Å². The molecule has 1 atom stereocenters. The molecular weight excluding hydrogens is 475 g/mol. The van der Waals surface area contributed by atoms with Crippen molar-refractivity contribution in [3.63, 3.8) is 0 Å². The molecule has 1 amide bonds. The molecule has 1 aliphatic heterocycles. The number of alkyl halides is 3. The zero-order valence-electron chi connectivity index (χ0n) is 19.6. The lowest BCUT2D eigenvalue weighted by atomic mass is 9.89. The molecule has 2 N–H and O–H groups in total. The van der Waals surface area contributed by atoms with Crippen LogP contribution >= 0.6 is 0 Å². The Bertz CT molecular complexity index is 1300. The second-order valence-corrected chi connectivity index (χ2v) is 9.35. The Morgan fingerprint density at radius 1 is 1.17 bits per heavy atom. The number of carbonyl (C=O) groups is 1.